The van der Waals surface area contributed by atoms with Crippen molar-refractivity contribution in [1.82, 2.24) is 24.7 Å². The molecule has 2 aliphatic rings. The first kappa shape index (κ1) is 25.8. The highest BCUT2D eigenvalue weighted by atomic mass is 19.4. The van der Waals surface area contributed by atoms with Crippen molar-refractivity contribution in [2.45, 2.75) is 19.5 Å². The van der Waals surface area contributed by atoms with Gasteiger partial charge in [0.15, 0.2) is 0 Å². The summed E-state index contributed by atoms with van der Waals surface area (Å²) < 4.78 is 49.0. The van der Waals surface area contributed by atoms with Crippen LogP contribution in [0.1, 0.15) is 21.8 Å². The van der Waals surface area contributed by atoms with Crippen LogP contribution in [0.5, 0.6) is 5.75 Å². The number of imidazole rings is 1. The number of amides is 2. The van der Waals surface area contributed by atoms with Gasteiger partial charge in [-0.1, -0.05) is 12.1 Å². The van der Waals surface area contributed by atoms with Gasteiger partial charge in [0.1, 0.15) is 17.2 Å². The number of nitrogens with zero attached hydrogens (tertiary/aromatic N) is 4. The minimum Gasteiger partial charge on any atom is -0.467 e. The number of hydrogen-bond acceptors (Lipinski definition) is 6. The van der Waals surface area contributed by atoms with Crippen molar-refractivity contribution < 1.29 is 31.9 Å². The van der Waals surface area contributed by atoms with Crippen molar-refractivity contribution >= 4 is 11.8 Å². The Morgan fingerprint density at radius 2 is 2.00 bits per heavy atom. The van der Waals surface area contributed by atoms with Gasteiger partial charge in [-0.05, 0) is 47.6 Å². The summed E-state index contributed by atoms with van der Waals surface area (Å²) in [4.78, 5) is 33.5. The van der Waals surface area contributed by atoms with Crippen LogP contribution >= 0.6 is 0 Å². The molecule has 38 heavy (non-hydrogen) atoms. The van der Waals surface area contributed by atoms with Crippen LogP contribution in [0.3, 0.4) is 0 Å². The molecule has 2 atom stereocenters. The Hall–Kier alpha value is -3.80. The van der Waals surface area contributed by atoms with Crippen LogP contribution in [0, 0.1) is 17.8 Å². The molecule has 1 aromatic carbocycles. The lowest BCUT2D eigenvalue weighted by Gasteiger charge is -2.25. The van der Waals surface area contributed by atoms with E-state index in [0.29, 0.717) is 42.8 Å². The second kappa shape index (κ2) is 10.5. The van der Waals surface area contributed by atoms with E-state index in [1.54, 1.807) is 47.2 Å². The van der Waals surface area contributed by atoms with Crippen molar-refractivity contribution in [3.05, 3.63) is 72.2 Å². The van der Waals surface area contributed by atoms with Gasteiger partial charge in [0.2, 0.25) is 5.91 Å². The first-order valence-electron chi connectivity index (χ1n) is 12.3. The highest BCUT2D eigenvalue weighted by molar-refractivity contribution is 5.92. The monoisotopic (exact) mass is 531 g/mol. The number of benzene rings is 1. The van der Waals surface area contributed by atoms with Crippen molar-refractivity contribution in [3.8, 4) is 5.75 Å². The van der Waals surface area contributed by atoms with Crippen LogP contribution in [-0.2, 0) is 24.9 Å². The summed E-state index contributed by atoms with van der Waals surface area (Å²) in [6, 6.07) is 9.23. The average molecular weight is 532 g/mol. The molecule has 2 fully saturated rings. The third kappa shape index (κ3) is 6.36. The highest BCUT2D eigenvalue weighted by Gasteiger charge is 2.56. The maximum atomic E-state index is 13.3. The van der Waals surface area contributed by atoms with E-state index < -0.39 is 6.36 Å². The Bertz CT molecular complexity index is 1260. The zero-order valence-corrected chi connectivity index (χ0v) is 20.7. The molecule has 9 nitrogen and oxygen atoms in total. The number of likely N-dealkylation sites (tertiary alicyclic amines) is 1. The molecule has 3 aromatic rings. The Kier molecular flexibility index (Phi) is 7.15. The van der Waals surface area contributed by atoms with Gasteiger partial charge in [0.05, 0.1) is 25.7 Å². The summed E-state index contributed by atoms with van der Waals surface area (Å²) in [5.41, 5.74) is 0.799. The minimum absolute atomic E-state index is 0.0767. The van der Waals surface area contributed by atoms with E-state index in [1.165, 1.54) is 24.5 Å². The molecule has 202 valence electrons. The average Bonchev–Trinajstić information content (AvgIpc) is 3.35. The second-order valence-corrected chi connectivity index (χ2v) is 9.85. The molecule has 5 rings (SSSR count). The molecule has 12 heteroatoms. The van der Waals surface area contributed by atoms with E-state index in [-0.39, 0.29) is 35.7 Å². The van der Waals surface area contributed by atoms with Crippen molar-refractivity contribution in [3.63, 3.8) is 0 Å². The summed E-state index contributed by atoms with van der Waals surface area (Å²) in [5.74, 6) is 0.956. The summed E-state index contributed by atoms with van der Waals surface area (Å²) in [6.45, 7) is 2.72. The number of aryl methyl sites for hydroxylation is 1. The number of fused-ring (bicyclic) bond motifs is 1. The Labute approximate surface area is 217 Å². The van der Waals surface area contributed by atoms with E-state index in [0.717, 1.165) is 13.1 Å². The lowest BCUT2D eigenvalue weighted by Crippen LogP contribution is -2.39. The number of hydrogen-bond donors (Lipinski definition) is 1. The van der Waals surface area contributed by atoms with Gasteiger partial charge < -0.3 is 23.9 Å². The van der Waals surface area contributed by atoms with Gasteiger partial charge in [-0.15, -0.1) is 13.2 Å². The molecule has 2 unspecified atom stereocenters. The fourth-order valence-electron chi connectivity index (χ4n) is 5.21. The largest absolute Gasteiger partial charge is 0.573 e. The van der Waals surface area contributed by atoms with E-state index in [2.05, 4.69) is 19.9 Å². The number of alkyl halides is 3. The number of carbonyl (C=O) groups excluding carboxylic acids is 2. The standard InChI is InChI=1S/C26H28F3N5O4/c1-32-14-23(31-16-32)25(36)34(10-17-4-2-5-18(8-17)38-26(27,28)29)13-22-20-11-33(12-21(20)22)15-24(35)30-9-19-6-3-7-37-19/h2-8,14,16,20-22H,9-13,15H2,1H3,(H,30,35). The fourth-order valence-corrected chi connectivity index (χ4v) is 5.21. The van der Waals surface area contributed by atoms with Gasteiger partial charge >= 0.3 is 6.36 Å². The van der Waals surface area contributed by atoms with Gasteiger partial charge in [-0.25, -0.2) is 4.98 Å². The maximum Gasteiger partial charge on any atom is 0.573 e. The van der Waals surface area contributed by atoms with Crippen LogP contribution in [0.2, 0.25) is 0 Å². The summed E-state index contributed by atoms with van der Waals surface area (Å²) in [5, 5.41) is 2.85. The topological polar surface area (TPSA) is 92.8 Å². The van der Waals surface area contributed by atoms with Gasteiger partial charge in [0.25, 0.3) is 5.91 Å². The molecule has 3 heterocycles. The molecule has 1 aliphatic carbocycles. The molecular formula is C26H28F3N5O4. The predicted octanol–water partition coefficient (Wildman–Crippen LogP) is 3.05. The Balaban J connectivity index is 1.19. The molecule has 2 amide bonds. The highest BCUT2D eigenvalue weighted by Crippen LogP contribution is 2.52. The number of rotatable bonds is 10. The van der Waals surface area contributed by atoms with Crippen molar-refractivity contribution in [2.75, 3.05) is 26.2 Å². The van der Waals surface area contributed by atoms with Crippen molar-refractivity contribution in [1.29, 1.82) is 0 Å². The first-order chi connectivity index (χ1) is 18.1. The van der Waals surface area contributed by atoms with E-state index in [4.69, 9.17) is 4.42 Å². The fraction of sp³-hybridized carbons (Fsp3) is 0.423. The minimum atomic E-state index is -4.80. The predicted molar refractivity (Wildman–Crippen MR) is 129 cm³/mol. The van der Waals surface area contributed by atoms with Crippen LogP contribution in [0.15, 0.2) is 59.6 Å². The number of piperidine rings is 1. The number of carbonyl (C=O) groups is 2. The van der Waals surface area contributed by atoms with E-state index in [9.17, 15) is 22.8 Å². The second-order valence-electron chi connectivity index (χ2n) is 9.85. The molecule has 1 saturated carbocycles. The lowest BCUT2D eigenvalue weighted by atomic mass is 10.1. The number of ether oxygens (including phenoxy) is 1. The number of aromatic nitrogens is 2. The zero-order valence-electron chi connectivity index (χ0n) is 20.7. The van der Waals surface area contributed by atoms with Gasteiger partial charge in [-0.3, -0.25) is 14.5 Å². The smallest absolute Gasteiger partial charge is 0.467 e. The van der Waals surface area contributed by atoms with Crippen molar-refractivity contribution in [2.24, 2.45) is 24.8 Å². The van der Waals surface area contributed by atoms with Crippen LogP contribution in [0.25, 0.3) is 0 Å². The molecule has 0 radical (unpaired) electrons. The summed E-state index contributed by atoms with van der Waals surface area (Å²) in [7, 11) is 1.76. The van der Waals surface area contributed by atoms with Crippen LogP contribution < -0.4 is 10.1 Å². The quantitative estimate of drug-likeness (QED) is 0.433. The zero-order chi connectivity index (χ0) is 26.9. The van der Waals surface area contributed by atoms with E-state index >= 15 is 0 Å². The van der Waals surface area contributed by atoms with Crippen LogP contribution in [0.4, 0.5) is 13.2 Å². The van der Waals surface area contributed by atoms with E-state index in [1.807, 2.05) is 0 Å². The lowest BCUT2D eigenvalue weighted by molar-refractivity contribution is -0.274. The third-order valence-corrected chi connectivity index (χ3v) is 7.00. The molecule has 1 saturated heterocycles. The number of halogens is 3. The van der Waals surface area contributed by atoms with Gasteiger partial charge in [0, 0.05) is 39.4 Å². The summed E-state index contributed by atoms with van der Waals surface area (Å²) in [6.07, 6.45) is -0.0845. The summed E-state index contributed by atoms with van der Waals surface area (Å²) >= 11 is 0. The molecular weight excluding hydrogens is 503 g/mol. The van der Waals surface area contributed by atoms with Crippen LogP contribution in [-0.4, -0.2) is 63.7 Å². The SMILES string of the molecule is Cn1cnc(C(=O)N(Cc2cccc(OC(F)(F)F)c2)CC2C3CN(CC(=O)NCc4ccco4)CC32)c1. The molecule has 0 spiro atoms. The number of furan rings is 1. The maximum absolute atomic E-state index is 13.3. The Morgan fingerprint density at radius 3 is 2.66 bits per heavy atom. The first-order valence-corrected chi connectivity index (χ1v) is 12.3. The third-order valence-electron chi connectivity index (χ3n) is 7.00. The normalized spacial score (nSPS) is 20.7. The molecule has 0 bridgehead atoms. The molecule has 2 aromatic heterocycles. The Morgan fingerprint density at radius 1 is 1.21 bits per heavy atom. The van der Waals surface area contributed by atoms with Gasteiger partial charge in [-0.2, -0.15) is 0 Å². The number of nitrogens with one attached hydrogen (secondary N) is 1. The molecule has 1 N–H and O–H groups in total. The molecule has 1 aliphatic heterocycles.